The molecule has 3 rings (SSSR count). The van der Waals surface area contributed by atoms with Crippen LogP contribution in [0.4, 0.5) is 0 Å². The summed E-state index contributed by atoms with van der Waals surface area (Å²) in [4.78, 5) is 19.2. The van der Waals surface area contributed by atoms with E-state index in [0.29, 0.717) is 12.3 Å². The maximum atomic E-state index is 12.9. The topological polar surface area (TPSA) is 79.7 Å². The first-order valence-corrected chi connectivity index (χ1v) is 9.65. The van der Waals surface area contributed by atoms with Crippen molar-refractivity contribution in [2.75, 3.05) is 6.54 Å². The molecule has 1 aliphatic rings. The zero-order chi connectivity index (χ0) is 18.7. The number of nitrogens with one attached hydrogen (secondary N) is 1. The number of piperidine rings is 1. The number of amides is 1. The van der Waals surface area contributed by atoms with E-state index in [9.17, 15) is 4.79 Å². The second-order valence-corrected chi connectivity index (χ2v) is 7.69. The van der Waals surface area contributed by atoms with Crippen molar-refractivity contribution in [2.24, 2.45) is 5.92 Å². The fourth-order valence-electron chi connectivity index (χ4n) is 3.88. The molecule has 2 aromatic heterocycles. The Hall–Kier alpha value is -2.18. The Kier molecular flexibility index (Phi) is 5.74. The minimum Gasteiger partial charge on any atom is -0.332 e. The largest absolute Gasteiger partial charge is 0.332 e. The molecule has 0 spiro atoms. The summed E-state index contributed by atoms with van der Waals surface area (Å²) in [5.74, 6) is 1.55. The van der Waals surface area contributed by atoms with Gasteiger partial charge in [-0.15, -0.1) is 0 Å². The van der Waals surface area contributed by atoms with Gasteiger partial charge in [-0.05, 0) is 51.0 Å². The summed E-state index contributed by atoms with van der Waals surface area (Å²) in [6, 6.07) is 0.0320. The van der Waals surface area contributed by atoms with Gasteiger partial charge in [-0.2, -0.15) is 10.2 Å². The highest BCUT2D eigenvalue weighted by Crippen LogP contribution is 2.29. The predicted molar refractivity (Wildman–Crippen MR) is 99.5 cm³/mol. The number of aromatic nitrogens is 5. The summed E-state index contributed by atoms with van der Waals surface area (Å²) in [5, 5.41) is 11.6. The van der Waals surface area contributed by atoms with Gasteiger partial charge in [0.25, 0.3) is 0 Å². The average molecular weight is 358 g/mol. The van der Waals surface area contributed by atoms with Crippen LogP contribution >= 0.6 is 0 Å². The summed E-state index contributed by atoms with van der Waals surface area (Å²) in [6.07, 6.45) is 5.90. The molecule has 1 atom stereocenters. The lowest BCUT2D eigenvalue weighted by molar-refractivity contribution is -0.135. The molecule has 7 heteroatoms. The molecule has 1 aliphatic heterocycles. The number of aromatic amines is 1. The van der Waals surface area contributed by atoms with Gasteiger partial charge in [-0.1, -0.05) is 13.8 Å². The molecule has 3 heterocycles. The SMILES string of the molecule is Cc1nn(CC(C)C)c(C)c1CCC(=O)N1CCCC[C@@H]1c1ncn[nH]1. The average Bonchev–Trinajstić information content (AvgIpc) is 3.22. The Morgan fingerprint density at radius 3 is 2.85 bits per heavy atom. The van der Waals surface area contributed by atoms with Crippen molar-refractivity contribution in [2.45, 2.75) is 72.4 Å². The summed E-state index contributed by atoms with van der Waals surface area (Å²) < 4.78 is 2.08. The van der Waals surface area contributed by atoms with Crippen molar-refractivity contribution in [3.05, 3.63) is 29.1 Å². The van der Waals surface area contributed by atoms with Gasteiger partial charge in [0.15, 0.2) is 0 Å². The molecular formula is C19H30N6O. The second kappa shape index (κ2) is 8.01. The van der Waals surface area contributed by atoms with Gasteiger partial charge < -0.3 is 4.90 Å². The Balaban J connectivity index is 1.67. The summed E-state index contributed by atoms with van der Waals surface area (Å²) in [7, 11) is 0. The molecular weight excluding hydrogens is 328 g/mol. The van der Waals surface area contributed by atoms with Crippen LogP contribution in [-0.4, -0.2) is 42.3 Å². The standard InChI is InChI=1S/C19H30N6O/c1-13(2)11-25-15(4)16(14(3)23-25)8-9-18(26)24-10-6-5-7-17(24)19-20-12-21-22-19/h12-13,17H,5-11H2,1-4H3,(H,20,21,22)/t17-/m1/s1. The molecule has 0 aliphatic carbocycles. The van der Waals surface area contributed by atoms with Crippen LogP contribution in [0.5, 0.6) is 0 Å². The Morgan fingerprint density at radius 1 is 1.35 bits per heavy atom. The van der Waals surface area contributed by atoms with Crippen molar-refractivity contribution in [3.8, 4) is 0 Å². The van der Waals surface area contributed by atoms with Crippen molar-refractivity contribution in [3.63, 3.8) is 0 Å². The third-order valence-corrected chi connectivity index (χ3v) is 5.23. The van der Waals surface area contributed by atoms with Gasteiger partial charge in [0.2, 0.25) is 5.91 Å². The van der Waals surface area contributed by atoms with Crippen LogP contribution in [0.15, 0.2) is 6.33 Å². The van der Waals surface area contributed by atoms with E-state index in [1.165, 1.54) is 17.6 Å². The highest BCUT2D eigenvalue weighted by atomic mass is 16.2. The van der Waals surface area contributed by atoms with Gasteiger partial charge >= 0.3 is 0 Å². The van der Waals surface area contributed by atoms with Crippen LogP contribution in [0.3, 0.4) is 0 Å². The van der Waals surface area contributed by atoms with Crippen LogP contribution in [0, 0.1) is 19.8 Å². The van der Waals surface area contributed by atoms with Gasteiger partial charge in [0.05, 0.1) is 11.7 Å². The molecule has 2 aromatic rings. The fourth-order valence-corrected chi connectivity index (χ4v) is 3.88. The van der Waals surface area contributed by atoms with Crippen LogP contribution in [0.2, 0.25) is 0 Å². The van der Waals surface area contributed by atoms with E-state index in [1.807, 2.05) is 11.8 Å². The molecule has 1 saturated heterocycles. The molecule has 7 nitrogen and oxygen atoms in total. The van der Waals surface area contributed by atoms with Gasteiger partial charge in [0.1, 0.15) is 12.2 Å². The lowest BCUT2D eigenvalue weighted by Gasteiger charge is -2.34. The number of hydrogen-bond donors (Lipinski definition) is 1. The quantitative estimate of drug-likeness (QED) is 0.861. The highest BCUT2D eigenvalue weighted by Gasteiger charge is 2.29. The van der Waals surface area contributed by atoms with Crippen molar-refractivity contribution < 1.29 is 4.79 Å². The molecule has 1 N–H and O–H groups in total. The van der Waals surface area contributed by atoms with E-state index in [4.69, 9.17) is 0 Å². The normalized spacial score (nSPS) is 17.9. The van der Waals surface area contributed by atoms with Crippen molar-refractivity contribution >= 4 is 5.91 Å². The first-order valence-electron chi connectivity index (χ1n) is 9.65. The number of likely N-dealkylation sites (tertiary alicyclic amines) is 1. The second-order valence-electron chi connectivity index (χ2n) is 7.69. The van der Waals surface area contributed by atoms with Gasteiger partial charge in [-0.25, -0.2) is 4.98 Å². The third kappa shape index (κ3) is 3.97. The minimum absolute atomic E-state index is 0.0320. The zero-order valence-electron chi connectivity index (χ0n) is 16.3. The lowest BCUT2D eigenvalue weighted by Crippen LogP contribution is -2.39. The Bertz CT molecular complexity index is 734. The van der Waals surface area contributed by atoms with Crippen LogP contribution in [-0.2, 0) is 17.8 Å². The zero-order valence-corrected chi connectivity index (χ0v) is 16.3. The maximum Gasteiger partial charge on any atom is 0.223 e. The highest BCUT2D eigenvalue weighted by molar-refractivity contribution is 5.77. The summed E-state index contributed by atoms with van der Waals surface area (Å²) in [5.41, 5.74) is 3.45. The summed E-state index contributed by atoms with van der Waals surface area (Å²) >= 11 is 0. The van der Waals surface area contributed by atoms with E-state index in [1.54, 1.807) is 0 Å². The van der Waals surface area contributed by atoms with Gasteiger partial charge in [-0.3, -0.25) is 14.6 Å². The van der Waals surface area contributed by atoms with E-state index in [2.05, 4.69) is 45.7 Å². The monoisotopic (exact) mass is 358 g/mol. The van der Waals surface area contributed by atoms with E-state index < -0.39 is 0 Å². The molecule has 1 amide bonds. The Labute approximate surface area is 155 Å². The molecule has 142 valence electrons. The lowest BCUT2D eigenvalue weighted by atomic mass is 10.00. The molecule has 0 unspecified atom stereocenters. The number of hydrogen-bond acceptors (Lipinski definition) is 4. The van der Waals surface area contributed by atoms with Crippen molar-refractivity contribution in [1.29, 1.82) is 0 Å². The number of aryl methyl sites for hydroxylation is 1. The van der Waals surface area contributed by atoms with E-state index in [-0.39, 0.29) is 11.9 Å². The third-order valence-electron chi connectivity index (χ3n) is 5.23. The summed E-state index contributed by atoms with van der Waals surface area (Å²) in [6.45, 7) is 10.3. The van der Waals surface area contributed by atoms with E-state index >= 15 is 0 Å². The van der Waals surface area contributed by atoms with E-state index in [0.717, 1.165) is 50.3 Å². The number of rotatable bonds is 6. The predicted octanol–water partition coefficient (Wildman–Crippen LogP) is 2.96. The first-order chi connectivity index (χ1) is 12.5. The van der Waals surface area contributed by atoms with Crippen LogP contribution in [0.1, 0.15) is 68.3 Å². The fraction of sp³-hybridized carbons (Fsp3) is 0.684. The Morgan fingerprint density at radius 2 is 2.15 bits per heavy atom. The number of carbonyl (C=O) groups is 1. The molecule has 1 fully saturated rings. The molecule has 0 radical (unpaired) electrons. The molecule has 0 aromatic carbocycles. The number of H-pyrrole nitrogens is 1. The maximum absolute atomic E-state index is 12.9. The first kappa shape index (κ1) is 18.6. The smallest absolute Gasteiger partial charge is 0.223 e. The van der Waals surface area contributed by atoms with Crippen LogP contribution in [0.25, 0.3) is 0 Å². The molecule has 26 heavy (non-hydrogen) atoms. The number of carbonyl (C=O) groups excluding carboxylic acids is 1. The van der Waals surface area contributed by atoms with Gasteiger partial charge in [0, 0.05) is 25.2 Å². The molecule has 0 bridgehead atoms. The minimum atomic E-state index is 0.0320. The number of nitrogens with zero attached hydrogens (tertiary/aromatic N) is 5. The van der Waals surface area contributed by atoms with Crippen LogP contribution < -0.4 is 0 Å². The molecule has 0 saturated carbocycles. The van der Waals surface area contributed by atoms with Crippen molar-refractivity contribution in [1.82, 2.24) is 29.9 Å².